The van der Waals surface area contributed by atoms with Crippen LogP contribution in [0.25, 0.3) is 11.1 Å². The highest BCUT2D eigenvalue weighted by atomic mass is 35.5. The topological polar surface area (TPSA) is 12.9 Å². The largest absolute Gasteiger partial charge is 0.227 e. The molecule has 19 heavy (non-hydrogen) atoms. The summed E-state index contributed by atoms with van der Waals surface area (Å²) in [6.45, 7) is 0. The third-order valence-corrected chi connectivity index (χ3v) is 4.88. The Morgan fingerprint density at radius 3 is 1.79 bits per heavy atom. The van der Waals surface area contributed by atoms with Crippen molar-refractivity contribution in [2.75, 3.05) is 0 Å². The third-order valence-electron chi connectivity index (χ3n) is 2.30. The molecular weight excluding hydrogens is 378 g/mol. The predicted molar refractivity (Wildman–Crippen MR) is 79.7 cm³/mol. The summed E-state index contributed by atoms with van der Waals surface area (Å²) in [6, 6.07) is 1.08. The highest BCUT2D eigenvalue weighted by Crippen LogP contribution is 2.49. The van der Waals surface area contributed by atoms with Gasteiger partial charge >= 0.3 is 0 Å². The second-order valence-corrected chi connectivity index (χ2v) is 5.73. The molecular formula is C11H2Cl6FN. The monoisotopic (exact) mass is 377 g/mol. The lowest BCUT2D eigenvalue weighted by molar-refractivity contribution is 0.584. The van der Waals surface area contributed by atoms with E-state index in [0.29, 0.717) is 0 Å². The Morgan fingerprint density at radius 1 is 0.789 bits per heavy atom. The van der Waals surface area contributed by atoms with Crippen molar-refractivity contribution in [3.8, 4) is 11.1 Å². The number of pyridine rings is 1. The molecule has 0 spiro atoms. The fraction of sp³-hybridized carbons (Fsp3) is 0. The van der Waals surface area contributed by atoms with Crippen molar-refractivity contribution in [3.05, 3.63) is 48.3 Å². The number of hydrogen-bond donors (Lipinski definition) is 0. The molecule has 0 saturated heterocycles. The lowest BCUT2D eigenvalue weighted by Crippen LogP contribution is -1.91. The van der Waals surface area contributed by atoms with Gasteiger partial charge in [-0.1, -0.05) is 69.6 Å². The molecule has 2 rings (SSSR count). The van der Waals surface area contributed by atoms with Crippen molar-refractivity contribution < 1.29 is 4.39 Å². The molecule has 0 unspecified atom stereocenters. The van der Waals surface area contributed by atoms with E-state index in [1.807, 2.05) is 0 Å². The second kappa shape index (κ2) is 5.80. The zero-order chi connectivity index (χ0) is 14.3. The zero-order valence-electron chi connectivity index (χ0n) is 8.75. The summed E-state index contributed by atoms with van der Waals surface area (Å²) in [5.74, 6) is -0.742. The third kappa shape index (κ3) is 2.76. The summed E-state index contributed by atoms with van der Waals surface area (Å²) in [5.41, 5.74) is 0.429. The van der Waals surface area contributed by atoms with Crippen LogP contribution in [0.1, 0.15) is 0 Å². The van der Waals surface area contributed by atoms with Gasteiger partial charge in [0.1, 0.15) is 0 Å². The van der Waals surface area contributed by atoms with E-state index in [4.69, 9.17) is 69.6 Å². The lowest BCUT2D eigenvalue weighted by Gasteiger charge is -2.13. The van der Waals surface area contributed by atoms with E-state index in [0.717, 1.165) is 12.3 Å². The van der Waals surface area contributed by atoms with Gasteiger partial charge in [0.25, 0.3) is 0 Å². The van der Waals surface area contributed by atoms with Gasteiger partial charge in [-0.05, 0) is 0 Å². The van der Waals surface area contributed by atoms with Gasteiger partial charge in [0.05, 0.1) is 30.1 Å². The van der Waals surface area contributed by atoms with E-state index in [2.05, 4.69) is 4.98 Å². The van der Waals surface area contributed by atoms with Crippen LogP contribution in [0.5, 0.6) is 0 Å². The van der Waals surface area contributed by atoms with Crippen LogP contribution in [0.3, 0.4) is 0 Å². The Morgan fingerprint density at radius 2 is 1.26 bits per heavy atom. The van der Waals surface area contributed by atoms with Gasteiger partial charge in [-0.3, -0.25) is 0 Å². The van der Waals surface area contributed by atoms with Gasteiger partial charge in [-0.2, -0.15) is 4.39 Å². The standard InChI is InChI=1S/C11H2Cl6FN/c12-4-2-19-5(18)1-3(4)6-7(13)9(15)11(17)10(16)8(6)14/h1-2H. The maximum absolute atomic E-state index is 13.2. The lowest BCUT2D eigenvalue weighted by atomic mass is 10.1. The van der Waals surface area contributed by atoms with E-state index in [1.54, 1.807) is 0 Å². The summed E-state index contributed by atoms with van der Waals surface area (Å²) in [7, 11) is 0. The predicted octanol–water partition coefficient (Wildman–Crippen LogP) is 6.81. The molecule has 0 fully saturated rings. The maximum atomic E-state index is 13.2. The minimum Gasteiger partial charge on any atom is -0.227 e. The molecule has 1 nitrogen and oxygen atoms in total. The van der Waals surface area contributed by atoms with Gasteiger partial charge in [-0.25, -0.2) is 4.98 Å². The molecule has 0 amide bonds. The van der Waals surface area contributed by atoms with E-state index in [1.165, 1.54) is 0 Å². The zero-order valence-corrected chi connectivity index (χ0v) is 13.3. The Hall–Kier alpha value is 0.0400. The summed E-state index contributed by atoms with van der Waals surface area (Å²) in [4.78, 5) is 3.41. The van der Waals surface area contributed by atoms with Gasteiger partial charge in [0, 0.05) is 23.4 Å². The number of halogens is 7. The van der Waals surface area contributed by atoms with E-state index >= 15 is 0 Å². The average Bonchev–Trinajstić information content (AvgIpc) is 2.38. The summed E-state index contributed by atoms with van der Waals surface area (Å²) in [6.07, 6.45) is 1.13. The van der Waals surface area contributed by atoms with Gasteiger partial charge < -0.3 is 0 Å². The molecule has 1 aromatic heterocycles. The SMILES string of the molecule is Fc1cc(-c2c(Cl)c(Cl)c(Cl)c(Cl)c2Cl)c(Cl)cn1. The van der Waals surface area contributed by atoms with E-state index in [9.17, 15) is 4.39 Å². The molecule has 0 atom stereocenters. The minimum atomic E-state index is -0.742. The van der Waals surface area contributed by atoms with Gasteiger partial charge in [0.2, 0.25) is 5.95 Å². The van der Waals surface area contributed by atoms with Crippen molar-refractivity contribution in [1.82, 2.24) is 4.98 Å². The summed E-state index contributed by atoms with van der Waals surface area (Å²) < 4.78 is 13.2. The number of rotatable bonds is 1. The molecule has 1 aromatic carbocycles. The molecule has 0 saturated carbocycles. The van der Waals surface area contributed by atoms with Crippen LogP contribution in [0.2, 0.25) is 30.1 Å². The van der Waals surface area contributed by atoms with Crippen LogP contribution in [-0.2, 0) is 0 Å². The van der Waals surface area contributed by atoms with Crippen molar-refractivity contribution in [2.45, 2.75) is 0 Å². The quantitative estimate of drug-likeness (QED) is 0.301. The number of nitrogens with zero attached hydrogens (tertiary/aromatic N) is 1. The van der Waals surface area contributed by atoms with Gasteiger partial charge in [-0.15, -0.1) is 0 Å². The first kappa shape index (κ1) is 15.4. The average molecular weight is 380 g/mol. The number of hydrogen-bond acceptors (Lipinski definition) is 1. The Labute approximate surface area is 138 Å². The first-order chi connectivity index (χ1) is 8.84. The Bertz CT molecular complexity index is 644. The van der Waals surface area contributed by atoms with Crippen LogP contribution < -0.4 is 0 Å². The Balaban J connectivity index is 2.87. The van der Waals surface area contributed by atoms with E-state index < -0.39 is 5.95 Å². The van der Waals surface area contributed by atoms with Crippen molar-refractivity contribution in [3.63, 3.8) is 0 Å². The van der Waals surface area contributed by atoms with Crippen LogP contribution in [0.15, 0.2) is 12.3 Å². The second-order valence-electron chi connectivity index (χ2n) is 3.43. The first-order valence-electron chi connectivity index (χ1n) is 4.67. The summed E-state index contributed by atoms with van der Waals surface area (Å²) in [5, 5.41) is 0.275. The smallest absolute Gasteiger partial charge is 0.213 e. The van der Waals surface area contributed by atoms with Crippen LogP contribution >= 0.6 is 69.6 Å². The molecule has 0 aliphatic carbocycles. The van der Waals surface area contributed by atoms with E-state index in [-0.39, 0.29) is 41.3 Å². The highest BCUT2D eigenvalue weighted by molar-refractivity contribution is 6.56. The summed E-state index contributed by atoms with van der Waals surface area (Å²) >= 11 is 35.9. The fourth-order valence-corrected chi connectivity index (χ4v) is 2.99. The molecule has 0 aliphatic rings. The molecule has 8 heteroatoms. The maximum Gasteiger partial charge on any atom is 0.213 e. The molecule has 0 bridgehead atoms. The van der Waals surface area contributed by atoms with Crippen LogP contribution in [0, 0.1) is 5.95 Å². The Kier molecular flexibility index (Phi) is 4.71. The van der Waals surface area contributed by atoms with Crippen LogP contribution in [-0.4, -0.2) is 4.98 Å². The van der Waals surface area contributed by atoms with Crippen molar-refractivity contribution >= 4 is 69.6 Å². The van der Waals surface area contributed by atoms with Gasteiger partial charge in [0.15, 0.2) is 0 Å². The molecule has 1 heterocycles. The normalized spacial score (nSPS) is 10.9. The first-order valence-corrected chi connectivity index (χ1v) is 6.94. The molecule has 0 radical (unpaired) electrons. The number of benzene rings is 1. The van der Waals surface area contributed by atoms with Crippen LogP contribution in [0.4, 0.5) is 4.39 Å². The van der Waals surface area contributed by atoms with Crippen molar-refractivity contribution in [2.24, 2.45) is 0 Å². The molecule has 100 valence electrons. The minimum absolute atomic E-state index is 0.0148. The molecule has 0 aliphatic heterocycles. The van der Waals surface area contributed by atoms with Crippen molar-refractivity contribution in [1.29, 1.82) is 0 Å². The number of aromatic nitrogens is 1. The molecule has 2 aromatic rings. The fourth-order valence-electron chi connectivity index (χ4n) is 1.45. The highest BCUT2D eigenvalue weighted by Gasteiger charge is 2.22. The molecule has 0 N–H and O–H groups in total.